The van der Waals surface area contributed by atoms with Crippen LogP contribution < -0.4 is 28.7 Å². The maximum absolute atomic E-state index is 13.9. The Hall–Kier alpha value is -14.3. The van der Waals surface area contributed by atoms with Crippen LogP contribution >= 0.6 is 0 Å². The first-order valence-electron chi connectivity index (χ1n) is 49.0. The van der Waals surface area contributed by atoms with Crippen LogP contribution in [0, 0.1) is 92.1 Å². The van der Waals surface area contributed by atoms with E-state index >= 15 is 0 Å². The molecule has 12 N–H and O–H groups in total. The molecule has 0 radical (unpaired) electrons. The molecule has 49 heteroatoms. The van der Waals surface area contributed by atoms with Crippen molar-refractivity contribution in [3.8, 4) is 61.7 Å². The number of aliphatic hydroxyl groups is 2. The van der Waals surface area contributed by atoms with E-state index in [4.69, 9.17) is 113 Å². The largest absolute Gasteiger partial charge is 0.461 e. The Morgan fingerprint density at radius 2 is 0.565 bits per heavy atom. The van der Waals surface area contributed by atoms with Crippen LogP contribution in [0.2, 0.25) is 0 Å². The fraction of sp³-hybridized carbons (Fsp3) is 0.582. The van der Waals surface area contributed by atoms with E-state index < -0.39 is 157 Å². The van der Waals surface area contributed by atoms with Gasteiger partial charge < -0.3 is 91.0 Å². The first-order chi connectivity index (χ1) is 70.5. The molecular weight excluding hydrogens is 1930 g/mol. The third kappa shape index (κ3) is 26.8. The Morgan fingerprint density at radius 1 is 0.333 bits per heavy atom. The summed E-state index contributed by atoms with van der Waals surface area (Å²) in [5, 5.41) is 19.9. The van der Waals surface area contributed by atoms with Gasteiger partial charge in [0.15, 0.2) is 102 Å². The summed E-state index contributed by atoms with van der Waals surface area (Å²) in [6.45, 7) is 14.3. The Morgan fingerprint density at radius 3 is 0.810 bits per heavy atom. The lowest BCUT2D eigenvalue weighted by molar-refractivity contribution is -0.168. The van der Waals surface area contributed by atoms with Crippen molar-refractivity contribution in [1.82, 2.24) is 97.6 Å². The summed E-state index contributed by atoms with van der Waals surface area (Å²) in [4.78, 5) is 130. The molecule has 5 aliphatic heterocycles. The van der Waals surface area contributed by atoms with E-state index in [1.807, 2.05) is 41.5 Å². The average molecular weight is 2050 g/mol. The van der Waals surface area contributed by atoms with Gasteiger partial charge in [-0.05, 0) is 51.4 Å². The van der Waals surface area contributed by atoms with Crippen molar-refractivity contribution in [2.45, 2.75) is 344 Å². The highest BCUT2D eigenvalue weighted by molar-refractivity contribution is 5.85. The number of carbonyl (C=O) groups is 6. The normalized spacial score (nSPS) is 23.7. The van der Waals surface area contributed by atoms with Crippen molar-refractivity contribution in [2.24, 2.45) is 0 Å². The minimum atomic E-state index is -1.53. The van der Waals surface area contributed by atoms with Crippen molar-refractivity contribution in [1.29, 1.82) is 0 Å². The SMILES string of the molecule is C#C[C@]1(CC)O[C@@H](n2cnc3c(N)nc(F)nc32)C[C@@H]1O.C#C[C@]1(CC)O[C@@H](n2cnc3c(N)nc(F)nc32)C[C@@H]1OC(=O)CCC.C#C[C@]1(CO)O[C@@H](n2cnc3c(N)nc(F)nc32)C[C@@H]1OC(=O)CCC.C#C[C@]1(COC(=O)CCCCCCCCC)O[C@@H](n2cnc3c(N)nc(F)nc32)C[C@@H]1OC(=O)CCC.C#C[C@]1(COC(=O)CCCCCCCCC)O[C@@H](n2cnc3c(N)nc(F)nc32)C[C@@H]1OC(=O)CCC. The predicted octanol–water partition coefficient (Wildman–Crippen LogP) is 11.6. The highest BCUT2D eigenvalue weighted by Gasteiger charge is 2.56. The van der Waals surface area contributed by atoms with Crippen molar-refractivity contribution in [3.05, 3.63) is 62.0 Å². The van der Waals surface area contributed by atoms with Crippen LogP contribution in [0.15, 0.2) is 31.6 Å². The molecule has 790 valence electrons. The predicted molar refractivity (Wildman–Crippen MR) is 520 cm³/mol. The van der Waals surface area contributed by atoms with E-state index in [9.17, 15) is 60.9 Å². The zero-order chi connectivity index (χ0) is 107. The van der Waals surface area contributed by atoms with Gasteiger partial charge in [0.25, 0.3) is 0 Å². The number of unbranched alkanes of at least 4 members (excludes halogenated alkanes) is 12. The summed E-state index contributed by atoms with van der Waals surface area (Å²) in [5.74, 6) is 9.68. The molecule has 15 rings (SSSR count). The van der Waals surface area contributed by atoms with Gasteiger partial charge in [0.05, 0.1) is 44.3 Å². The maximum atomic E-state index is 13.9. The molecule has 10 aromatic heterocycles. The third-order valence-corrected chi connectivity index (χ3v) is 25.4. The fourth-order valence-electron chi connectivity index (χ4n) is 17.4. The number of rotatable bonds is 40. The molecule has 44 nitrogen and oxygen atoms in total. The molecule has 15 atom stereocenters. The monoisotopic (exact) mass is 2050 g/mol. The zero-order valence-corrected chi connectivity index (χ0v) is 83.1. The van der Waals surface area contributed by atoms with E-state index in [2.05, 4.69) is 118 Å². The molecule has 10 aromatic rings. The molecule has 5 saturated heterocycles. The molecule has 15 heterocycles. The molecule has 0 aliphatic carbocycles. The van der Waals surface area contributed by atoms with Crippen LogP contribution in [0.4, 0.5) is 51.0 Å². The van der Waals surface area contributed by atoms with E-state index in [-0.39, 0.29) is 162 Å². The molecule has 0 unspecified atom stereocenters. The number of fused-ring (bicyclic) bond motifs is 5. The average Bonchev–Trinajstić information content (AvgIpc) is 1.61. The number of nitrogens with zero attached hydrogens (tertiary/aromatic N) is 20. The maximum Gasteiger partial charge on any atom is 0.312 e. The second-order valence-corrected chi connectivity index (χ2v) is 35.6. The van der Waals surface area contributed by atoms with Gasteiger partial charge in [-0.3, -0.25) is 51.6 Å². The van der Waals surface area contributed by atoms with Gasteiger partial charge in [-0.25, -0.2) is 24.9 Å². The topological polar surface area (TPSA) is 593 Å². The van der Waals surface area contributed by atoms with Gasteiger partial charge >= 0.3 is 66.2 Å². The van der Waals surface area contributed by atoms with Gasteiger partial charge in [0, 0.05) is 70.6 Å². The number of nitrogen functional groups attached to an aromatic ring is 5. The van der Waals surface area contributed by atoms with Crippen LogP contribution in [-0.2, 0) is 80.9 Å². The van der Waals surface area contributed by atoms with Crippen molar-refractivity contribution >= 4 is 121 Å². The molecule has 5 fully saturated rings. The van der Waals surface area contributed by atoms with Gasteiger partial charge in [0.1, 0.15) is 68.8 Å². The molecule has 0 aromatic carbocycles. The van der Waals surface area contributed by atoms with E-state index in [0.717, 1.165) is 51.4 Å². The van der Waals surface area contributed by atoms with Crippen molar-refractivity contribution < 1.29 is 113 Å². The number of hydrogen-bond acceptors (Lipinski definition) is 39. The van der Waals surface area contributed by atoms with Gasteiger partial charge in [-0.1, -0.05) is 162 Å². The number of carbonyl (C=O) groups excluding carboxylic acids is 6. The summed E-state index contributed by atoms with van der Waals surface area (Å²) in [5.41, 5.74) is 23.7. The lowest BCUT2D eigenvalue weighted by atomic mass is 9.94. The highest BCUT2D eigenvalue weighted by atomic mass is 19.1. The second kappa shape index (κ2) is 51.7. The zero-order valence-electron chi connectivity index (χ0n) is 83.1. The Kier molecular flexibility index (Phi) is 39.8. The van der Waals surface area contributed by atoms with E-state index in [1.165, 1.54) is 93.0 Å². The standard InChI is InChI=1S/2C26H36FN5O5.C17H20FN5O3.C16H18FN5O4.C13H14FN5O2/c2*1-4-7-8-9-10-11-12-14-20(33)35-16-26(6-3)18(36-21(34)13-5-2)15-19(37-26)32-17-29-22-23(28)30-25(27)31-24(22)32;1-4-7-12(24)25-10-8-11(26-17(10,5-2)6-3)23-9-20-13-14(19)21-16(18)22-15(13)23;1-3-5-11(24)25-9-6-10(26-16(9,4-2)7-23)22-8-19-12-13(18)20-15(17)21-14(12)22;1-3-13(4-2)7(20)5-8(21-13)19-6-16-9-10(15)17-12(14)18-11(9)19/h2*3,17-19H,4-5,7-16H2,1-2H3,(H2,28,30,31);2,9-11H,4,6-8H2,1,3H3,(H2,19,21,22);2,8-10,23H,3,5-7H2,1H3,(H2,18,20,21);1,6-8,20H,4-5H2,2H3,(H2,15,17,18)/t2*18-,19+,26+;10-,11+,17+;9-,10+,16+;7-,8+,13+/m00000/s1. The minimum absolute atomic E-state index is 0.0477. The summed E-state index contributed by atoms with van der Waals surface area (Å²) in [6.07, 6.45) is 43.5. The number of aromatic nitrogens is 20. The second-order valence-electron chi connectivity index (χ2n) is 35.6. The summed E-state index contributed by atoms with van der Waals surface area (Å²) < 4.78 is 139. The highest BCUT2D eigenvalue weighted by Crippen LogP contribution is 2.47. The number of hydrogen-bond donors (Lipinski definition) is 7. The molecule has 0 amide bonds. The van der Waals surface area contributed by atoms with Crippen molar-refractivity contribution in [2.75, 3.05) is 48.5 Å². The Labute approximate surface area is 843 Å². The quantitative estimate of drug-likeness (QED) is 0.00468. The van der Waals surface area contributed by atoms with Gasteiger partial charge in [-0.15, -0.1) is 32.1 Å². The Balaban J connectivity index is 0.000000177. The lowest BCUT2D eigenvalue weighted by Gasteiger charge is -2.28. The molecular formula is C98H124F5N25O19. The molecule has 147 heavy (non-hydrogen) atoms. The number of aliphatic hydroxyl groups excluding tert-OH is 2. The number of nitrogens with two attached hydrogens (primary N) is 5. The number of imidazole rings is 5. The molecule has 0 saturated carbocycles. The van der Waals surface area contributed by atoms with Gasteiger partial charge in [-0.2, -0.15) is 71.8 Å². The number of esters is 6. The van der Waals surface area contributed by atoms with Crippen LogP contribution in [0.25, 0.3) is 55.8 Å². The number of terminal acetylenes is 5. The van der Waals surface area contributed by atoms with Crippen LogP contribution in [0.1, 0.15) is 286 Å². The summed E-state index contributed by atoms with van der Waals surface area (Å²) >= 11 is 0. The first-order valence-corrected chi connectivity index (χ1v) is 49.0. The molecule has 0 spiro atoms. The van der Waals surface area contributed by atoms with Gasteiger partial charge in [0.2, 0.25) is 11.2 Å². The van der Waals surface area contributed by atoms with Crippen LogP contribution in [0.3, 0.4) is 0 Å². The number of halogens is 5. The number of ether oxygens (including phenoxy) is 11. The first kappa shape index (κ1) is 113. The van der Waals surface area contributed by atoms with Crippen molar-refractivity contribution in [3.63, 3.8) is 0 Å². The minimum Gasteiger partial charge on any atom is -0.461 e. The van der Waals surface area contributed by atoms with E-state index in [1.54, 1.807) is 0 Å². The van der Waals surface area contributed by atoms with Crippen LogP contribution in [0.5, 0.6) is 0 Å². The summed E-state index contributed by atoms with van der Waals surface area (Å²) in [6, 6.07) is 0. The van der Waals surface area contributed by atoms with Crippen LogP contribution in [-0.4, -0.2) is 222 Å². The molecule has 0 bridgehead atoms. The van der Waals surface area contributed by atoms with E-state index in [0.29, 0.717) is 51.4 Å². The smallest absolute Gasteiger partial charge is 0.312 e. The summed E-state index contributed by atoms with van der Waals surface area (Å²) in [7, 11) is 0. The fourth-order valence-corrected chi connectivity index (χ4v) is 17.4. The third-order valence-electron chi connectivity index (χ3n) is 25.4. The lowest BCUT2D eigenvalue weighted by Crippen LogP contribution is -2.45. The molecule has 5 aliphatic rings. The number of anilines is 5. The Bertz CT molecular complexity index is 6170.